The Morgan fingerprint density at radius 1 is 1.07 bits per heavy atom. The fraction of sp³-hybridized carbons (Fsp3) is 0.222. The highest BCUT2D eigenvalue weighted by molar-refractivity contribution is 7.89. The molecule has 2 aromatic carbocycles. The van der Waals surface area contributed by atoms with Gasteiger partial charge in [-0.15, -0.1) is 0 Å². The Morgan fingerprint density at radius 2 is 1.78 bits per heavy atom. The van der Waals surface area contributed by atoms with Crippen LogP contribution in [0.15, 0.2) is 52.2 Å². The number of benzene rings is 2. The minimum atomic E-state index is -3.62. The molecule has 3 N–H and O–H groups in total. The van der Waals surface area contributed by atoms with E-state index in [0.717, 1.165) is 9.87 Å². The second-order valence-corrected chi connectivity index (χ2v) is 8.55. The van der Waals surface area contributed by atoms with Gasteiger partial charge in [0.05, 0.1) is 22.0 Å². The number of nitrogens with one attached hydrogen (secondary N) is 3. The van der Waals surface area contributed by atoms with E-state index in [1.54, 1.807) is 18.2 Å². The Morgan fingerprint density at radius 3 is 2.48 bits per heavy atom. The van der Waals surface area contributed by atoms with Gasteiger partial charge < -0.3 is 15.3 Å². The van der Waals surface area contributed by atoms with Crippen molar-refractivity contribution in [2.24, 2.45) is 0 Å². The quantitative estimate of drug-likeness (QED) is 0.616. The van der Waals surface area contributed by atoms with E-state index < -0.39 is 10.0 Å². The van der Waals surface area contributed by atoms with Crippen molar-refractivity contribution in [3.05, 3.63) is 64.1 Å². The summed E-state index contributed by atoms with van der Waals surface area (Å²) in [6.07, 6.45) is 0. The Kier molecular flexibility index (Phi) is 4.90. The number of aromatic nitrogens is 2. The smallest absolute Gasteiger partial charge is 0.323 e. The summed E-state index contributed by atoms with van der Waals surface area (Å²) in [5.41, 5.74) is 2.10. The standard InChI is InChI=1S/C18H20N4O4S/c1-11(12-7-8-15-16(10-12)21-18(24)20-15)19-17(23)13-5-4-6-14(9-13)27(25,26)22(2)3/h4-11H,1-3H3,(H,19,23)(H2,20,21,24). The zero-order chi connectivity index (χ0) is 19.8. The molecule has 0 spiro atoms. The molecular formula is C18H20N4O4S. The lowest BCUT2D eigenvalue weighted by atomic mass is 10.1. The number of amides is 1. The first-order valence-electron chi connectivity index (χ1n) is 8.24. The molecule has 0 bridgehead atoms. The van der Waals surface area contributed by atoms with Crippen LogP contribution in [0.1, 0.15) is 28.9 Å². The van der Waals surface area contributed by atoms with Gasteiger partial charge in [0.1, 0.15) is 0 Å². The van der Waals surface area contributed by atoms with Gasteiger partial charge in [-0.05, 0) is 42.8 Å². The lowest BCUT2D eigenvalue weighted by Gasteiger charge is -2.16. The van der Waals surface area contributed by atoms with Gasteiger partial charge in [0.15, 0.2) is 0 Å². The highest BCUT2D eigenvalue weighted by Crippen LogP contribution is 2.19. The monoisotopic (exact) mass is 388 g/mol. The van der Waals surface area contributed by atoms with Gasteiger partial charge in [-0.2, -0.15) is 0 Å². The summed E-state index contributed by atoms with van der Waals surface area (Å²) in [4.78, 5) is 29.3. The van der Waals surface area contributed by atoms with Crippen LogP contribution in [-0.2, 0) is 10.0 Å². The molecule has 0 radical (unpaired) electrons. The van der Waals surface area contributed by atoms with Gasteiger partial charge in [-0.1, -0.05) is 12.1 Å². The summed E-state index contributed by atoms with van der Waals surface area (Å²) in [6.45, 7) is 1.81. The first kappa shape index (κ1) is 18.9. The van der Waals surface area contributed by atoms with E-state index in [1.165, 1.54) is 32.3 Å². The molecule has 0 fully saturated rings. The molecule has 1 atom stereocenters. The normalized spacial score (nSPS) is 13.0. The van der Waals surface area contributed by atoms with Gasteiger partial charge in [-0.25, -0.2) is 17.5 Å². The van der Waals surface area contributed by atoms with Crippen molar-refractivity contribution >= 4 is 27.0 Å². The molecular weight excluding hydrogens is 368 g/mol. The van der Waals surface area contributed by atoms with Gasteiger partial charge in [0.2, 0.25) is 10.0 Å². The van der Waals surface area contributed by atoms with E-state index in [4.69, 9.17) is 0 Å². The largest absolute Gasteiger partial charge is 0.346 e. The second kappa shape index (κ2) is 7.01. The zero-order valence-electron chi connectivity index (χ0n) is 15.1. The first-order valence-corrected chi connectivity index (χ1v) is 9.68. The van der Waals surface area contributed by atoms with Crippen LogP contribution in [0.3, 0.4) is 0 Å². The molecule has 9 heteroatoms. The predicted octanol–water partition coefficient (Wildman–Crippen LogP) is 1.60. The van der Waals surface area contributed by atoms with Gasteiger partial charge >= 0.3 is 5.69 Å². The van der Waals surface area contributed by atoms with E-state index in [1.807, 2.05) is 13.0 Å². The maximum atomic E-state index is 12.6. The summed E-state index contributed by atoms with van der Waals surface area (Å²) in [5, 5.41) is 2.84. The molecule has 142 valence electrons. The highest BCUT2D eigenvalue weighted by Gasteiger charge is 2.19. The molecule has 0 aliphatic heterocycles. The molecule has 8 nitrogen and oxygen atoms in total. The number of nitrogens with zero attached hydrogens (tertiary/aromatic N) is 1. The minimum absolute atomic E-state index is 0.0547. The summed E-state index contributed by atoms with van der Waals surface area (Å²) < 4.78 is 25.6. The molecule has 3 aromatic rings. The third kappa shape index (κ3) is 3.79. The third-order valence-corrected chi connectivity index (χ3v) is 6.07. The summed E-state index contributed by atoms with van der Waals surface area (Å²) in [6, 6.07) is 10.9. The second-order valence-electron chi connectivity index (χ2n) is 6.39. The molecule has 1 unspecified atom stereocenters. The number of H-pyrrole nitrogens is 2. The number of imidazole rings is 1. The SMILES string of the molecule is CC(NC(=O)c1cccc(S(=O)(=O)N(C)C)c1)c1ccc2[nH]c(=O)[nH]c2c1. The summed E-state index contributed by atoms with van der Waals surface area (Å²) in [7, 11) is -0.747. The molecule has 1 aromatic heterocycles. The van der Waals surface area contributed by atoms with E-state index in [-0.39, 0.29) is 28.1 Å². The summed E-state index contributed by atoms with van der Waals surface area (Å²) in [5.74, 6) is -0.388. The molecule has 27 heavy (non-hydrogen) atoms. The van der Waals surface area contributed by atoms with Crippen molar-refractivity contribution < 1.29 is 13.2 Å². The minimum Gasteiger partial charge on any atom is -0.346 e. The molecule has 0 aliphatic carbocycles. The average Bonchev–Trinajstić information content (AvgIpc) is 3.00. The lowest BCUT2D eigenvalue weighted by molar-refractivity contribution is 0.0939. The number of rotatable bonds is 5. The Labute approximate surface area is 156 Å². The number of carbonyl (C=O) groups is 1. The maximum absolute atomic E-state index is 12.6. The van der Waals surface area contributed by atoms with Crippen molar-refractivity contribution in [1.29, 1.82) is 0 Å². The fourth-order valence-corrected chi connectivity index (χ4v) is 3.64. The predicted molar refractivity (Wildman–Crippen MR) is 102 cm³/mol. The van der Waals surface area contributed by atoms with Crippen LogP contribution in [0.4, 0.5) is 0 Å². The van der Waals surface area contributed by atoms with Crippen molar-refractivity contribution in [3.63, 3.8) is 0 Å². The number of aromatic amines is 2. The van der Waals surface area contributed by atoms with Crippen LogP contribution in [0.5, 0.6) is 0 Å². The molecule has 0 aliphatic rings. The van der Waals surface area contributed by atoms with Crippen LogP contribution < -0.4 is 11.0 Å². The molecule has 1 amide bonds. The van der Waals surface area contributed by atoms with E-state index in [2.05, 4.69) is 15.3 Å². The van der Waals surface area contributed by atoms with Crippen LogP contribution in [-0.4, -0.2) is 42.7 Å². The van der Waals surface area contributed by atoms with Crippen molar-refractivity contribution in [2.45, 2.75) is 17.9 Å². The third-order valence-electron chi connectivity index (χ3n) is 4.26. The average molecular weight is 388 g/mol. The van der Waals surface area contributed by atoms with Crippen molar-refractivity contribution in [1.82, 2.24) is 19.6 Å². The number of hydrogen-bond donors (Lipinski definition) is 3. The van der Waals surface area contributed by atoms with Gasteiger partial charge in [0.25, 0.3) is 5.91 Å². The van der Waals surface area contributed by atoms with Crippen LogP contribution in [0, 0.1) is 0 Å². The number of hydrogen-bond acceptors (Lipinski definition) is 4. The lowest BCUT2D eigenvalue weighted by Crippen LogP contribution is -2.27. The van der Waals surface area contributed by atoms with Gasteiger partial charge in [0, 0.05) is 19.7 Å². The Balaban J connectivity index is 1.82. The van der Waals surface area contributed by atoms with Crippen LogP contribution >= 0.6 is 0 Å². The maximum Gasteiger partial charge on any atom is 0.323 e. The topological polar surface area (TPSA) is 115 Å². The Bertz CT molecular complexity index is 1160. The van der Waals surface area contributed by atoms with Crippen LogP contribution in [0.2, 0.25) is 0 Å². The number of sulfonamides is 1. The molecule has 3 rings (SSSR count). The molecule has 0 saturated carbocycles. The Hall–Kier alpha value is -2.91. The van der Waals surface area contributed by atoms with Gasteiger partial charge in [-0.3, -0.25) is 4.79 Å². The van der Waals surface area contributed by atoms with E-state index >= 15 is 0 Å². The number of carbonyl (C=O) groups excluding carboxylic acids is 1. The zero-order valence-corrected chi connectivity index (χ0v) is 15.9. The van der Waals surface area contributed by atoms with E-state index in [0.29, 0.717) is 11.0 Å². The summed E-state index contributed by atoms with van der Waals surface area (Å²) >= 11 is 0. The fourth-order valence-electron chi connectivity index (χ4n) is 2.69. The van der Waals surface area contributed by atoms with Crippen molar-refractivity contribution in [3.8, 4) is 0 Å². The first-order chi connectivity index (χ1) is 12.7. The molecule has 0 saturated heterocycles. The van der Waals surface area contributed by atoms with Crippen LogP contribution in [0.25, 0.3) is 11.0 Å². The molecule has 1 heterocycles. The van der Waals surface area contributed by atoms with E-state index in [9.17, 15) is 18.0 Å². The van der Waals surface area contributed by atoms with Crippen molar-refractivity contribution in [2.75, 3.05) is 14.1 Å². The number of fused-ring (bicyclic) bond motifs is 1. The highest BCUT2D eigenvalue weighted by atomic mass is 32.2.